The summed E-state index contributed by atoms with van der Waals surface area (Å²) in [6.07, 6.45) is 46.1. The van der Waals surface area contributed by atoms with E-state index in [2.05, 4.69) is 26.0 Å². The van der Waals surface area contributed by atoms with Gasteiger partial charge in [-0.1, -0.05) is 196 Å². The minimum atomic E-state index is -4.84. The number of ether oxygens (including phenoxy) is 3. The number of carbonyl (C=O) groups is 3. The molecule has 0 amide bonds. The Morgan fingerprint density at radius 1 is 0.564 bits per heavy atom. The Morgan fingerprint density at radius 2 is 1.00 bits per heavy atom. The molecule has 0 heterocycles. The minimum absolute atomic E-state index is 0.184. The third-order valence-electron chi connectivity index (χ3n) is 8.73. The number of esters is 2. The van der Waals surface area contributed by atoms with Crippen LogP contribution in [0.5, 0.6) is 0 Å². The number of ketones is 1. The van der Waals surface area contributed by atoms with Gasteiger partial charge in [0.15, 0.2) is 6.10 Å². The van der Waals surface area contributed by atoms with E-state index in [0.717, 1.165) is 31.8 Å². The van der Waals surface area contributed by atoms with Crippen molar-refractivity contribution >= 4 is 25.7 Å². The van der Waals surface area contributed by atoms with Crippen molar-refractivity contribution in [1.29, 1.82) is 0 Å². The van der Waals surface area contributed by atoms with Crippen LogP contribution in [0.3, 0.4) is 0 Å². The average Bonchev–Trinajstić information content (AvgIpc) is 3.15. The Labute approximate surface area is 333 Å². The van der Waals surface area contributed by atoms with Crippen LogP contribution in [0, 0.1) is 0 Å². The van der Waals surface area contributed by atoms with Crippen molar-refractivity contribution in [1.82, 2.24) is 0 Å². The highest BCUT2D eigenvalue weighted by Gasteiger charge is 2.49. The van der Waals surface area contributed by atoms with Crippen molar-refractivity contribution in [2.45, 2.75) is 167 Å². The lowest BCUT2D eigenvalue weighted by Crippen LogP contribution is -2.36. The van der Waals surface area contributed by atoms with Crippen molar-refractivity contribution in [3.05, 3.63) is 72.9 Å². The molecule has 0 aliphatic carbocycles. The van der Waals surface area contributed by atoms with Crippen LogP contribution in [0.15, 0.2) is 72.9 Å². The van der Waals surface area contributed by atoms with E-state index in [1.807, 2.05) is 30.4 Å². The van der Waals surface area contributed by atoms with Gasteiger partial charge in [-0.25, -0.2) is 4.79 Å². The molecule has 4 N–H and O–H groups in total. The van der Waals surface area contributed by atoms with Crippen molar-refractivity contribution in [3.63, 3.8) is 0 Å². The maximum atomic E-state index is 12.5. The number of hydrogen-bond donors (Lipinski definition) is 4. The highest BCUT2D eigenvalue weighted by molar-refractivity contribution is 7.60. The van der Waals surface area contributed by atoms with E-state index in [-0.39, 0.29) is 6.42 Å². The maximum absolute atomic E-state index is 12.5. The Kier molecular flexibility index (Phi) is 36.3. The van der Waals surface area contributed by atoms with Crippen LogP contribution < -0.4 is 0 Å². The number of aliphatic hydroxyl groups excluding tert-OH is 1. The summed E-state index contributed by atoms with van der Waals surface area (Å²) in [6, 6.07) is 0. The van der Waals surface area contributed by atoms with Crippen LogP contribution in [0.25, 0.3) is 0 Å². The third-order valence-corrected chi connectivity index (χ3v) is 9.79. The summed E-state index contributed by atoms with van der Waals surface area (Å²) >= 11 is 0. The second-order valence-corrected chi connectivity index (χ2v) is 15.6. The minimum Gasteiger partial charge on any atom is -0.462 e. The number of rotatable bonds is 37. The highest BCUT2D eigenvalue weighted by atomic mass is 31.2. The van der Waals surface area contributed by atoms with E-state index >= 15 is 0 Å². The number of hydrogen-bond acceptors (Lipinski definition) is 10. The fourth-order valence-corrected chi connectivity index (χ4v) is 6.32. The zero-order chi connectivity index (χ0) is 40.7. The molecule has 55 heavy (non-hydrogen) atoms. The third kappa shape index (κ3) is 35.4. The van der Waals surface area contributed by atoms with E-state index in [9.17, 15) is 29.1 Å². The van der Waals surface area contributed by atoms with Crippen molar-refractivity contribution < 1.29 is 48.4 Å². The lowest BCUT2D eigenvalue weighted by atomic mass is 10.0. The molecular weight excluding hydrogens is 719 g/mol. The number of Topliss-reactive ketones (excluding diaryl/α,β-unsaturated/α-hetero) is 1. The molecule has 0 aliphatic rings. The molecule has 0 bridgehead atoms. The van der Waals surface area contributed by atoms with E-state index in [4.69, 9.17) is 19.3 Å². The van der Waals surface area contributed by atoms with Gasteiger partial charge >= 0.3 is 25.7 Å². The standard InChI is InChI=1S/C44H74O10P/c1-3-5-7-9-11-13-15-17-18-19-20-21-22-24-26-28-30-32-34-36-43(48)54-40(39-53-44(41(46)37-45)55(49,50)51)38-52-42(47)35-33-31-29-27-25-23-16-14-12-10-8-6-4-2/h18-22,24,26,28,30,32,34,36,40,44-45,49-51H,3-17,23,25,27,29,31,33,35,37-39H2,1-2H3/q+1/t40-,44?/m1/s1. The molecule has 0 rings (SSSR count). The number of allylic oxidation sites excluding steroid dienone is 11. The molecule has 0 aliphatic heterocycles. The maximum Gasteiger partial charge on any atom is 0.443 e. The number of carbonyl (C=O) groups excluding carboxylic acids is 3. The second-order valence-electron chi connectivity index (χ2n) is 13.9. The predicted octanol–water partition coefficient (Wildman–Crippen LogP) is 10.0. The zero-order valence-corrected chi connectivity index (χ0v) is 34.8. The van der Waals surface area contributed by atoms with Gasteiger partial charge in [0, 0.05) is 12.5 Å². The van der Waals surface area contributed by atoms with Gasteiger partial charge in [-0.2, -0.15) is 14.7 Å². The molecule has 0 aromatic rings. The molecule has 0 aromatic carbocycles. The van der Waals surface area contributed by atoms with Gasteiger partial charge < -0.3 is 19.3 Å². The van der Waals surface area contributed by atoms with E-state index in [0.29, 0.717) is 6.42 Å². The molecule has 2 atom stereocenters. The van der Waals surface area contributed by atoms with Crippen molar-refractivity contribution in [2.75, 3.05) is 19.8 Å². The average molecular weight is 794 g/mol. The van der Waals surface area contributed by atoms with E-state index < -0.39 is 57.4 Å². The Bertz CT molecular complexity index is 1140. The molecule has 0 spiro atoms. The summed E-state index contributed by atoms with van der Waals surface area (Å²) < 4.78 is 15.8. The van der Waals surface area contributed by atoms with Gasteiger partial charge in [0.1, 0.15) is 13.2 Å². The summed E-state index contributed by atoms with van der Waals surface area (Å²) in [5.74, 6) is -4.60. The van der Waals surface area contributed by atoms with Crippen LogP contribution >= 0.6 is 7.94 Å². The van der Waals surface area contributed by atoms with Gasteiger partial charge in [-0.3, -0.25) is 9.59 Å². The number of unbranched alkanes of at least 4 members (excludes halogenated alkanes) is 19. The number of aliphatic hydroxyl groups is 1. The highest BCUT2D eigenvalue weighted by Crippen LogP contribution is 2.51. The van der Waals surface area contributed by atoms with Gasteiger partial charge in [0.05, 0.1) is 6.61 Å². The first-order valence-electron chi connectivity index (χ1n) is 20.8. The summed E-state index contributed by atoms with van der Waals surface area (Å²) in [5.41, 5.74) is 0. The van der Waals surface area contributed by atoms with Crippen LogP contribution in [-0.2, 0) is 28.6 Å². The zero-order valence-electron chi connectivity index (χ0n) is 33.9. The van der Waals surface area contributed by atoms with Crippen LogP contribution in [-0.4, -0.2) is 69.3 Å². The molecule has 10 nitrogen and oxygen atoms in total. The SMILES string of the molecule is CCCCCCCCCC=CC=CC=CC=CC=CC=CC(=O)O[C@H](COC(=O)CCCCCCCCCCCCCCC)COC(C(=O)CO)[P+](O)(O)O. The lowest BCUT2D eigenvalue weighted by Gasteiger charge is -2.20. The van der Waals surface area contributed by atoms with Gasteiger partial charge in [0.2, 0.25) is 5.78 Å². The topological polar surface area (TPSA) is 160 Å². The van der Waals surface area contributed by atoms with Gasteiger partial charge in [0.25, 0.3) is 0 Å². The summed E-state index contributed by atoms with van der Waals surface area (Å²) in [7, 11) is -4.84. The van der Waals surface area contributed by atoms with Crippen LogP contribution in [0.4, 0.5) is 0 Å². The fraction of sp³-hybridized carbons (Fsp3) is 0.659. The fourth-order valence-electron chi connectivity index (χ4n) is 5.57. The normalized spacial score (nSPS) is 13.7. The van der Waals surface area contributed by atoms with Crippen molar-refractivity contribution in [2.24, 2.45) is 0 Å². The smallest absolute Gasteiger partial charge is 0.443 e. The Balaban J connectivity index is 4.66. The summed E-state index contributed by atoms with van der Waals surface area (Å²) in [4.78, 5) is 65.6. The van der Waals surface area contributed by atoms with Crippen LogP contribution in [0.1, 0.15) is 155 Å². The van der Waals surface area contributed by atoms with E-state index in [1.54, 1.807) is 18.2 Å². The Morgan fingerprint density at radius 3 is 1.47 bits per heavy atom. The molecule has 1 unspecified atom stereocenters. The van der Waals surface area contributed by atoms with E-state index in [1.165, 1.54) is 109 Å². The molecule has 0 saturated carbocycles. The van der Waals surface area contributed by atoms with Gasteiger partial charge in [-0.15, -0.1) is 0 Å². The molecule has 11 heteroatoms. The first-order chi connectivity index (χ1) is 26.6. The van der Waals surface area contributed by atoms with Crippen molar-refractivity contribution in [3.8, 4) is 0 Å². The molecule has 0 saturated heterocycles. The monoisotopic (exact) mass is 794 g/mol. The second kappa shape index (κ2) is 38.2. The quantitative estimate of drug-likeness (QED) is 0.0157. The molecule has 0 aromatic heterocycles. The lowest BCUT2D eigenvalue weighted by molar-refractivity contribution is -0.160. The molecule has 314 valence electrons. The van der Waals surface area contributed by atoms with Gasteiger partial charge in [-0.05, 0) is 19.3 Å². The Hall–Kier alpha value is -2.72. The van der Waals surface area contributed by atoms with Crippen LogP contribution in [0.2, 0.25) is 0 Å². The molecule has 0 radical (unpaired) electrons. The molecule has 0 fully saturated rings. The summed E-state index contributed by atoms with van der Waals surface area (Å²) in [6.45, 7) is 2.32. The largest absolute Gasteiger partial charge is 0.462 e. The first kappa shape index (κ1) is 52.3. The summed E-state index contributed by atoms with van der Waals surface area (Å²) in [5, 5.41) is 9.13. The first-order valence-corrected chi connectivity index (χ1v) is 22.6. The molecular formula is C44H74O10P+. The predicted molar refractivity (Wildman–Crippen MR) is 224 cm³/mol.